The minimum absolute atomic E-state index is 0.0373. The Labute approximate surface area is 108 Å². The van der Waals surface area contributed by atoms with Crippen molar-refractivity contribution in [1.29, 1.82) is 0 Å². The Morgan fingerprint density at radius 1 is 1.42 bits per heavy atom. The van der Waals surface area contributed by atoms with E-state index < -0.39 is 22.2 Å². The zero-order valence-corrected chi connectivity index (χ0v) is 10.2. The number of anilines is 1. The van der Waals surface area contributed by atoms with E-state index in [1.165, 1.54) is 0 Å². The molecule has 0 saturated heterocycles. The van der Waals surface area contributed by atoms with Crippen LogP contribution in [0.3, 0.4) is 0 Å². The highest BCUT2D eigenvalue weighted by molar-refractivity contribution is 5.76. The number of rotatable bonds is 6. The van der Waals surface area contributed by atoms with Gasteiger partial charge in [0.15, 0.2) is 0 Å². The Morgan fingerprint density at radius 3 is 2.68 bits per heavy atom. The SMILES string of the molecule is CCNC(=O)CCNc1cc(F)cc(F)c1[N+](=O)[O-]. The second-order valence-electron chi connectivity index (χ2n) is 3.67. The molecule has 0 aliphatic carbocycles. The molecule has 0 saturated carbocycles. The predicted molar refractivity (Wildman–Crippen MR) is 64.8 cm³/mol. The standard InChI is InChI=1S/C11H13F2N3O3/c1-2-14-10(17)3-4-15-9-6-7(12)5-8(13)11(9)16(18)19/h5-6,15H,2-4H2,1H3,(H,14,17). The summed E-state index contributed by atoms with van der Waals surface area (Å²) in [6.45, 7) is 2.25. The lowest BCUT2D eigenvalue weighted by Gasteiger charge is -2.07. The molecule has 0 heterocycles. The Bertz CT molecular complexity index is 494. The Morgan fingerprint density at radius 2 is 2.11 bits per heavy atom. The zero-order chi connectivity index (χ0) is 14.4. The number of hydrogen-bond acceptors (Lipinski definition) is 4. The molecule has 0 spiro atoms. The van der Waals surface area contributed by atoms with E-state index in [0.29, 0.717) is 12.6 Å². The van der Waals surface area contributed by atoms with Crippen LogP contribution in [0, 0.1) is 21.7 Å². The molecule has 104 valence electrons. The summed E-state index contributed by atoms with van der Waals surface area (Å²) in [6.07, 6.45) is 0.0448. The Kier molecular flexibility index (Phi) is 5.16. The fraction of sp³-hybridized carbons (Fsp3) is 0.364. The summed E-state index contributed by atoms with van der Waals surface area (Å²) in [6, 6.07) is 1.26. The van der Waals surface area contributed by atoms with Gasteiger partial charge >= 0.3 is 5.69 Å². The van der Waals surface area contributed by atoms with Crippen molar-refractivity contribution in [2.45, 2.75) is 13.3 Å². The van der Waals surface area contributed by atoms with Crippen molar-refractivity contribution >= 4 is 17.3 Å². The maximum atomic E-state index is 13.3. The van der Waals surface area contributed by atoms with E-state index >= 15 is 0 Å². The summed E-state index contributed by atoms with van der Waals surface area (Å²) in [4.78, 5) is 20.9. The molecule has 6 nitrogen and oxygen atoms in total. The molecule has 1 rings (SSSR count). The highest BCUT2D eigenvalue weighted by atomic mass is 19.1. The quantitative estimate of drug-likeness (QED) is 0.611. The average molecular weight is 273 g/mol. The van der Waals surface area contributed by atoms with Crippen LogP contribution in [0.1, 0.15) is 13.3 Å². The third-order valence-corrected chi connectivity index (χ3v) is 2.25. The number of hydrogen-bond donors (Lipinski definition) is 2. The van der Waals surface area contributed by atoms with Gasteiger partial charge in [-0.05, 0) is 6.92 Å². The molecule has 0 fully saturated rings. The summed E-state index contributed by atoms with van der Waals surface area (Å²) in [7, 11) is 0. The van der Waals surface area contributed by atoms with Crippen molar-refractivity contribution < 1.29 is 18.5 Å². The van der Waals surface area contributed by atoms with Gasteiger partial charge in [-0.2, -0.15) is 4.39 Å². The number of nitro groups is 1. The van der Waals surface area contributed by atoms with Crippen LogP contribution in [0.5, 0.6) is 0 Å². The number of carbonyl (C=O) groups excluding carboxylic acids is 1. The molecule has 2 N–H and O–H groups in total. The number of nitrogens with one attached hydrogen (secondary N) is 2. The minimum atomic E-state index is -1.26. The third-order valence-electron chi connectivity index (χ3n) is 2.25. The first kappa shape index (κ1) is 14.8. The lowest BCUT2D eigenvalue weighted by atomic mass is 10.2. The van der Waals surface area contributed by atoms with Crippen LogP contribution in [-0.2, 0) is 4.79 Å². The highest BCUT2D eigenvalue weighted by Crippen LogP contribution is 2.28. The van der Waals surface area contributed by atoms with Gasteiger partial charge in [0.1, 0.15) is 11.5 Å². The summed E-state index contributed by atoms with van der Waals surface area (Å²) in [5.41, 5.74) is -1.12. The molecule has 19 heavy (non-hydrogen) atoms. The number of nitrogens with zero attached hydrogens (tertiary/aromatic N) is 1. The van der Waals surface area contributed by atoms with E-state index in [4.69, 9.17) is 0 Å². The first-order chi connectivity index (χ1) is 8.95. The first-order valence-corrected chi connectivity index (χ1v) is 5.59. The number of carbonyl (C=O) groups is 1. The minimum Gasteiger partial charge on any atom is -0.379 e. The van der Waals surface area contributed by atoms with Crippen LogP contribution < -0.4 is 10.6 Å². The predicted octanol–water partition coefficient (Wildman–Crippen LogP) is 1.81. The van der Waals surface area contributed by atoms with Gasteiger partial charge in [-0.1, -0.05) is 0 Å². The van der Waals surface area contributed by atoms with Crippen molar-refractivity contribution in [3.8, 4) is 0 Å². The zero-order valence-electron chi connectivity index (χ0n) is 10.2. The van der Waals surface area contributed by atoms with Crippen LogP contribution >= 0.6 is 0 Å². The largest absolute Gasteiger partial charge is 0.379 e. The summed E-state index contributed by atoms with van der Waals surface area (Å²) in [5, 5.41) is 15.7. The van der Waals surface area contributed by atoms with Gasteiger partial charge in [0.25, 0.3) is 0 Å². The lowest BCUT2D eigenvalue weighted by Crippen LogP contribution is -2.24. The molecule has 0 unspecified atom stereocenters. The van der Waals surface area contributed by atoms with E-state index in [1.54, 1.807) is 6.92 Å². The van der Waals surface area contributed by atoms with Gasteiger partial charge in [0.05, 0.1) is 4.92 Å². The molecule has 8 heteroatoms. The van der Waals surface area contributed by atoms with E-state index in [0.717, 1.165) is 6.07 Å². The van der Waals surface area contributed by atoms with Crippen LogP contribution in [0.2, 0.25) is 0 Å². The fourth-order valence-corrected chi connectivity index (χ4v) is 1.48. The summed E-state index contributed by atoms with van der Waals surface area (Å²) in [5.74, 6) is -2.44. The summed E-state index contributed by atoms with van der Waals surface area (Å²) < 4.78 is 26.3. The summed E-state index contributed by atoms with van der Waals surface area (Å²) >= 11 is 0. The fourth-order valence-electron chi connectivity index (χ4n) is 1.48. The van der Waals surface area contributed by atoms with Crippen molar-refractivity contribution in [2.24, 2.45) is 0 Å². The molecule has 0 atom stereocenters. The molecule has 1 aromatic carbocycles. The van der Waals surface area contributed by atoms with Crippen molar-refractivity contribution in [1.82, 2.24) is 5.32 Å². The molecule has 0 aromatic heterocycles. The maximum Gasteiger partial charge on any atom is 0.327 e. The van der Waals surface area contributed by atoms with E-state index in [9.17, 15) is 23.7 Å². The molecule has 1 aromatic rings. The van der Waals surface area contributed by atoms with Gasteiger partial charge in [-0.15, -0.1) is 0 Å². The van der Waals surface area contributed by atoms with Gasteiger partial charge < -0.3 is 10.6 Å². The second-order valence-corrected chi connectivity index (χ2v) is 3.67. The first-order valence-electron chi connectivity index (χ1n) is 5.59. The van der Waals surface area contributed by atoms with E-state index in [-0.39, 0.29) is 24.6 Å². The topological polar surface area (TPSA) is 84.3 Å². The lowest BCUT2D eigenvalue weighted by molar-refractivity contribution is -0.386. The molecule has 0 aliphatic rings. The van der Waals surface area contributed by atoms with Crippen LogP contribution in [0.15, 0.2) is 12.1 Å². The third kappa shape index (κ3) is 4.16. The van der Waals surface area contributed by atoms with Gasteiger partial charge in [0, 0.05) is 31.6 Å². The molecule has 0 radical (unpaired) electrons. The van der Waals surface area contributed by atoms with Gasteiger partial charge in [0.2, 0.25) is 11.7 Å². The normalized spacial score (nSPS) is 10.1. The van der Waals surface area contributed by atoms with E-state index in [2.05, 4.69) is 10.6 Å². The Balaban J connectivity index is 2.77. The monoisotopic (exact) mass is 273 g/mol. The molecule has 0 aliphatic heterocycles. The van der Waals surface area contributed by atoms with Crippen LogP contribution in [0.4, 0.5) is 20.2 Å². The molecular formula is C11H13F2N3O3. The van der Waals surface area contributed by atoms with Crippen LogP contribution in [-0.4, -0.2) is 23.9 Å². The van der Waals surface area contributed by atoms with Crippen molar-refractivity contribution in [3.63, 3.8) is 0 Å². The van der Waals surface area contributed by atoms with Crippen LogP contribution in [0.25, 0.3) is 0 Å². The van der Waals surface area contributed by atoms with Gasteiger partial charge in [-0.25, -0.2) is 4.39 Å². The number of nitro benzene ring substituents is 1. The number of amides is 1. The number of benzene rings is 1. The highest BCUT2D eigenvalue weighted by Gasteiger charge is 2.21. The smallest absolute Gasteiger partial charge is 0.327 e. The Hall–Kier alpha value is -2.25. The second kappa shape index (κ2) is 6.62. The van der Waals surface area contributed by atoms with Crippen molar-refractivity contribution in [2.75, 3.05) is 18.4 Å². The molecule has 0 bridgehead atoms. The average Bonchev–Trinajstić information content (AvgIpc) is 2.27. The van der Waals surface area contributed by atoms with Gasteiger partial charge in [-0.3, -0.25) is 14.9 Å². The molecule has 1 amide bonds. The molecular weight excluding hydrogens is 260 g/mol. The number of halogens is 2. The van der Waals surface area contributed by atoms with E-state index in [1.807, 2.05) is 0 Å². The van der Waals surface area contributed by atoms with Crippen molar-refractivity contribution in [3.05, 3.63) is 33.9 Å². The maximum absolute atomic E-state index is 13.3.